The molecule has 2 fully saturated rings. The standard InChI is InChI=1S/C19H30N2O9S2/c1-18(2,3)30-17(25)20-21(11(22)8-7-9-31-6)19(16(24)29-5)10-32(26,27)14-12(13(14)19)15(23)28-4/h12-14H,7-10H2,1-6H3,(H,20,25)/t12-,13-,14+,19+/m1/s1. The highest BCUT2D eigenvalue weighted by atomic mass is 32.2. The average molecular weight is 495 g/mol. The van der Waals surface area contributed by atoms with E-state index in [-0.39, 0.29) is 6.42 Å². The van der Waals surface area contributed by atoms with E-state index in [1.165, 1.54) is 11.8 Å². The van der Waals surface area contributed by atoms with Gasteiger partial charge in [-0.15, -0.1) is 0 Å². The quantitative estimate of drug-likeness (QED) is 0.230. The van der Waals surface area contributed by atoms with Crippen LogP contribution in [0.25, 0.3) is 0 Å². The molecule has 0 bridgehead atoms. The van der Waals surface area contributed by atoms with E-state index < -0.39 is 67.8 Å². The van der Waals surface area contributed by atoms with Crippen molar-refractivity contribution in [2.75, 3.05) is 32.0 Å². The fourth-order valence-corrected chi connectivity index (χ4v) is 7.30. The Morgan fingerprint density at radius 2 is 1.78 bits per heavy atom. The number of methoxy groups -OCH3 is 2. The van der Waals surface area contributed by atoms with Crippen LogP contribution >= 0.6 is 11.8 Å². The van der Waals surface area contributed by atoms with E-state index in [0.717, 1.165) is 14.2 Å². The lowest BCUT2D eigenvalue weighted by molar-refractivity contribution is -0.166. The van der Waals surface area contributed by atoms with E-state index in [1.807, 2.05) is 6.26 Å². The summed E-state index contributed by atoms with van der Waals surface area (Å²) in [7, 11) is -1.84. The molecule has 1 aliphatic carbocycles. The van der Waals surface area contributed by atoms with Crippen molar-refractivity contribution in [3.63, 3.8) is 0 Å². The molecule has 11 nitrogen and oxygen atoms in total. The number of nitrogens with one attached hydrogen (secondary N) is 1. The number of hydrogen-bond donors (Lipinski definition) is 1. The smallest absolute Gasteiger partial charge is 0.426 e. The van der Waals surface area contributed by atoms with Crippen molar-refractivity contribution in [1.29, 1.82) is 0 Å². The Labute approximate surface area is 191 Å². The number of rotatable bonds is 7. The summed E-state index contributed by atoms with van der Waals surface area (Å²) < 4.78 is 40.5. The fraction of sp³-hybridized carbons (Fsp3) is 0.789. The number of carbonyl (C=O) groups is 4. The second kappa shape index (κ2) is 9.46. The van der Waals surface area contributed by atoms with E-state index >= 15 is 0 Å². The molecule has 4 atom stereocenters. The summed E-state index contributed by atoms with van der Waals surface area (Å²) >= 11 is 1.50. The number of amides is 2. The first-order valence-electron chi connectivity index (χ1n) is 9.96. The van der Waals surface area contributed by atoms with Crippen LogP contribution in [-0.4, -0.2) is 85.7 Å². The minimum Gasteiger partial charge on any atom is -0.469 e. The molecule has 2 amide bonds. The van der Waals surface area contributed by atoms with Gasteiger partial charge in [0.15, 0.2) is 15.4 Å². The van der Waals surface area contributed by atoms with Gasteiger partial charge in [-0.2, -0.15) is 11.8 Å². The largest absolute Gasteiger partial charge is 0.469 e. The third-order valence-corrected chi connectivity index (χ3v) is 8.30. The second-order valence-corrected chi connectivity index (χ2v) is 11.8. The van der Waals surface area contributed by atoms with Crippen molar-refractivity contribution < 1.29 is 41.8 Å². The zero-order valence-electron chi connectivity index (χ0n) is 19.0. The molecular weight excluding hydrogens is 464 g/mol. The molecule has 0 spiro atoms. The number of thioether (sulfide) groups is 1. The van der Waals surface area contributed by atoms with Crippen LogP contribution in [0, 0.1) is 11.8 Å². The average Bonchev–Trinajstić information content (AvgIpc) is 3.40. The first kappa shape index (κ1) is 26.2. The monoisotopic (exact) mass is 494 g/mol. The molecule has 2 rings (SSSR count). The summed E-state index contributed by atoms with van der Waals surface area (Å²) in [6, 6.07) is 0. The summed E-state index contributed by atoms with van der Waals surface area (Å²) in [5.41, 5.74) is -0.774. The normalized spacial score (nSPS) is 27.6. The maximum atomic E-state index is 13.2. The molecule has 1 heterocycles. The summed E-state index contributed by atoms with van der Waals surface area (Å²) in [6.45, 7) is 4.83. The Morgan fingerprint density at radius 1 is 1.16 bits per heavy atom. The molecule has 1 N–H and O–H groups in total. The zero-order valence-corrected chi connectivity index (χ0v) is 20.6. The minimum absolute atomic E-state index is 0.0737. The lowest BCUT2D eigenvalue weighted by Crippen LogP contribution is -2.67. The molecule has 1 saturated carbocycles. The number of hydrazine groups is 1. The highest BCUT2D eigenvalue weighted by molar-refractivity contribution is 7.98. The molecule has 32 heavy (non-hydrogen) atoms. The lowest BCUT2D eigenvalue weighted by Gasteiger charge is -2.39. The van der Waals surface area contributed by atoms with E-state index in [0.29, 0.717) is 17.2 Å². The number of esters is 2. The van der Waals surface area contributed by atoms with Gasteiger partial charge >= 0.3 is 18.0 Å². The predicted molar refractivity (Wildman–Crippen MR) is 115 cm³/mol. The summed E-state index contributed by atoms with van der Waals surface area (Å²) in [5, 5.41) is -0.505. The lowest BCUT2D eigenvalue weighted by atomic mass is 9.92. The molecule has 1 aliphatic heterocycles. The van der Waals surface area contributed by atoms with Crippen LogP contribution < -0.4 is 5.43 Å². The third-order valence-electron chi connectivity index (χ3n) is 5.34. The van der Waals surface area contributed by atoms with Crippen molar-refractivity contribution in [2.45, 2.75) is 50.0 Å². The van der Waals surface area contributed by atoms with Crippen LogP contribution in [0.2, 0.25) is 0 Å². The van der Waals surface area contributed by atoms with Crippen LogP contribution in [0.1, 0.15) is 33.6 Å². The number of ether oxygens (including phenoxy) is 3. The van der Waals surface area contributed by atoms with Gasteiger partial charge in [-0.3, -0.25) is 9.59 Å². The third kappa shape index (κ3) is 4.98. The Kier molecular flexibility index (Phi) is 7.75. The first-order valence-corrected chi connectivity index (χ1v) is 13.1. The number of carbonyl (C=O) groups excluding carboxylic acids is 4. The summed E-state index contributed by atoms with van der Waals surface area (Å²) in [5.74, 6) is -4.99. The molecule has 0 aromatic carbocycles. The first-order chi connectivity index (χ1) is 14.8. The fourth-order valence-electron chi connectivity index (χ4n) is 4.15. The topological polar surface area (TPSA) is 145 Å². The highest BCUT2D eigenvalue weighted by Gasteiger charge is 2.81. The van der Waals surface area contributed by atoms with Gasteiger partial charge in [-0.1, -0.05) is 0 Å². The van der Waals surface area contributed by atoms with Crippen LogP contribution in [-0.2, 0) is 38.4 Å². The van der Waals surface area contributed by atoms with Crippen molar-refractivity contribution >= 4 is 45.5 Å². The van der Waals surface area contributed by atoms with Crippen LogP contribution in [0.4, 0.5) is 4.79 Å². The summed E-state index contributed by atoms with van der Waals surface area (Å²) in [4.78, 5) is 51.0. The van der Waals surface area contributed by atoms with Crippen molar-refractivity contribution in [1.82, 2.24) is 10.4 Å². The second-order valence-electron chi connectivity index (χ2n) is 8.70. The molecule has 2 aliphatic rings. The van der Waals surface area contributed by atoms with Gasteiger partial charge in [0.1, 0.15) is 5.60 Å². The molecule has 1 saturated heterocycles. The molecule has 0 unspecified atom stereocenters. The zero-order chi connectivity index (χ0) is 24.5. The van der Waals surface area contributed by atoms with Gasteiger partial charge in [-0.25, -0.2) is 28.4 Å². The maximum absolute atomic E-state index is 13.2. The van der Waals surface area contributed by atoms with Gasteiger partial charge in [0.2, 0.25) is 5.91 Å². The van der Waals surface area contributed by atoms with Crippen molar-refractivity contribution in [3.05, 3.63) is 0 Å². The van der Waals surface area contributed by atoms with Gasteiger partial charge < -0.3 is 14.2 Å². The molecule has 0 aromatic rings. The highest BCUT2D eigenvalue weighted by Crippen LogP contribution is 2.60. The molecule has 13 heteroatoms. The molecule has 0 radical (unpaired) electrons. The van der Waals surface area contributed by atoms with Gasteiger partial charge in [-0.05, 0) is 39.2 Å². The van der Waals surface area contributed by atoms with Crippen LogP contribution in [0.15, 0.2) is 0 Å². The Balaban J connectivity index is 2.54. The van der Waals surface area contributed by atoms with E-state index in [4.69, 9.17) is 14.2 Å². The predicted octanol–water partition coefficient (Wildman–Crippen LogP) is 0.526. The van der Waals surface area contributed by atoms with Crippen molar-refractivity contribution in [3.8, 4) is 0 Å². The van der Waals surface area contributed by atoms with Gasteiger partial charge in [0, 0.05) is 12.3 Å². The SMILES string of the molecule is COC(=O)[C@@H]1[C@@H]2[C@H]1S(=O)(=O)C[C@]2(C(=O)OC)N(NC(=O)OC(C)(C)C)C(=O)CCCSC. The maximum Gasteiger partial charge on any atom is 0.426 e. The van der Waals surface area contributed by atoms with E-state index in [1.54, 1.807) is 20.8 Å². The van der Waals surface area contributed by atoms with E-state index in [9.17, 15) is 27.6 Å². The minimum atomic E-state index is -3.98. The Hall–Kier alpha value is -2.02. The number of sulfone groups is 1. The van der Waals surface area contributed by atoms with Gasteiger partial charge in [0.25, 0.3) is 0 Å². The van der Waals surface area contributed by atoms with Crippen LogP contribution in [0.3, 0.4) is 0 Å². The number of nitrogens with zero attached hydrogens (tertiary/aromatic N) is 1. The van der Waals surface area contributed by atoms with E-state index in [2.05, 4.69) is 5.43 Å². The van der Waals surface area contributed by atoms with Crippen LogP contribution in [0.5, 0.6) is 0 Å². The Bertz CT molecular complexity index is 884. The van der Waals surface area contributed by atoms with Gasteiger partial charge in [0.05, 0.1) is 31.1 Å². The van der Waals surface area contributed by atoms with Crippen molar-refractivity contribution in [2.24, 2.45) is 11.8 Å². The molecule has 0 aromatic heterocycles. The molecular formula is C19H30N2O9S2. The Morgan fingerprint density at radius 3 is 2.28 bits per heavy atom. The number of fused-ring (bicyclic) bond motifs is 1. The molecule has 182 valence electrons. The summed E-state index contributed by atoms with van der Waals surface area (Å²) in [6.07, 6.45) is 1.16. The number of hydrogen-bond acceptors (Lipinski definition) is 10.